The third-order valence-electron chi connectivity index (χ3n) is 7.56. The van der Waals surface area contributed by atoms with E-state index in [9.17, 15) is 0 Å². The fraction of sp³-hybridized carbons (Fsp3) is 0. The summed E-state index contributed by atoms with van der Waals surface area (Å²) in [5.41, 5.74) is 5.56. The summed E-state index contributed by atoms with van der Waals surface area (Å²) in [6.45, 7) is 0. The number of hydrogen-bond donors (Lipinski definition) is 0. The Morgan fingerprint density at radius 1 is 0.410 bits per heavy atom. The summed E-state index contributed by atoms with van der Waals surface area (Å²) in [4.78, 5) is 12.3. The molecule has 0 saturated carbocycles. The van der Waals surface area contributed by atoms with Crippen molar-refractivity contribution in [2.24, 2.45) is 0 Å². The molecular formula is C34H18N2OS2. The van der Waals surface area contributed by atoms with Crippen LogP contribution in [-0.2, 0) is 0 Å². The minimum atomic E-state index is 0.857. The van der Waals surface area contributed by atoms with Crippen molar-refractivity contribution in [1.82, 2.24) is 9.97 Å². The van der Waals surface area contributed by atoms with Crippen LogP contribution in [0.5, 0.6) is 0 Å². The predicted molar refractivity (Wildman–Crippen MR) is 166 cm³/mol. The molecule has 3 nitrogen and oxygen atoms in total. The van der Waals surface area contributed by atoms with Gasteiger partial charge in [-0.25, -0.2) is 9.97 Å². The van der Waals surface area contributed by atoms with E-state index in [1.807, 2.05) is 0 Å². The number of hydrogen-bond acceptors (Lipinski definition) is 5. The summed E-state index contributed by atoms with van der Waals surface area (Å²) in [7, 11) is 0. The van der Waals surface area contributed by atoms with E-state index < -0.39 is 0 Å². The molecular weight excluding hydrogens is 517 g/mol. The molecule has 0 aliphatic carbocycles. The zero-order chi connectivity index (χ0) is 25.5. The SMILES string of the molecule is c1ccc2c(c1)sc1nc(-c3cccc4c3oc3c(-c5ccc6c(n5)sc5ccccc56)cccc34)ccc12. The Morgan fingerprint density at radius 3 is 1.38 bits per heavy atom. The van der Waals surface area contributed by atoms with Gasteiger partial charge in [-0.1, -0.05) is 60.7 Å². The van der Waals surface area contributed by atoms with Gasteiger partial charge in [0.25, 0.3) is 0 Å². The molecule has 0 unspecified atom stereocenters. The van der Waals surface area contributed by atoms with Crippen molar-refractivity contribution in [3.63, 3.8) is 0 Å². The average Bonchev–Trinajstić information content (AvgIpc) is 3.67. The lowest BCUT2D eigenvalue weighted by Crippen LogP contribution is -1.83. The Labute approximate surface area is 230 Å². The Balaban J connectivity index is 1.25. The standard InChI is InChI=1S/C34H18N2OS2/c1-3-13-29-19(7-1)23-15-17-27(35-33(23)38-29)25-11-5-9-21-22-10-6-12-26(32(22)37-31(21)25)28-18-16-24-20-8-2-4-14-30(20)39-34(24)36-28/h1-18H. The Morgan fingerprint density at radius 2 is 0.872 bits per heavy atom. The number of para-hydroxylation sites is 2. The van der Waals surface area contributed by atoms with Crippen LogP contribution in [0.1, 0.15) is 0 Å². The number of thiophene rings is 2. The molecule has 9 rings (SSSR count). The van der Waals surface area contributed by atoms with Crippen LogP contribution >= 0.6 is 22.7 Å². The number of furan rings is 1. The zero-order valence-corrected chi connectivity index (χ0v) is 22.1. The molecule has 0 saturated heterocycles. The first-order chi connectivity index (χ1) is 19.3. The monoisotopic (exact) mass is 534 g/mol. The summed E-state index contributed by atoms with van der Waals surface area (Å²) in [6, 6.07) is 38.3. The van der Waals surface area contributed by atoms with E-state index in [4.69, 9.17) is 14.4 Å². The highest BCUT2D eigenvalue weighted by molar-refractivity contribution is 7.25. The van der Waals surface area contributed by atoms with Gasteiger partial charge in [-0.3, -0.25) is 0 Å². The number of fused-ring (bicyclic) bond motifs is 9. The van der Waals surface area contributed by atoms with Crippen molar-refractivity contribution in [1.29, 1.82) is 0 Å². The van der Waals surface area contributed by atoms with E-state index in [2.05, 4.69) is 109 Å². The van der Waals surface area contributed by atoms with Crippen LogP contribution < -0.4 is 0 Å². The third-order valence-corrected chi connectivity index (χ3v) is 9.73. The van der Waals surface area contributed by atoms with E-state index in [1.54, 1.807) is 22.7 Å². The second-order valence-electron chi connectivity index (χ2n) is 9.76. The van der Waals surface area contributed by atoms with Crippen molar-refractivity contribution in [2.75, 3.05) is 0 Å². The van der Waals surface area contributed by atoms with Crippen LogP contribution in [0, 0.1) is 0 Å². The van der Waals surface area contributed by atoms with E-state index in [-0.39, 0.29) is 0 Å². The Hall–Kier alpha value is -4.58. The summed E-state index contributed by atoms with van der Waals surface area (Å²) < 4.78 is 9.21. The molecule has 5 aromatic heterocycles. The van der Waals surface area contributed by atoms with Crippen molar-refractivity contribution in [2.45, 2.75) is 0 Å². The number of rotatable bonds is 2. The second kappa shape index (κ2) is 7.96. The highest BCUT2D eigenvalue weighted by atomic mass is 32.1. The Kier molecular flexibility index (Phi) is 4.36. The van der Waals surface area contributed by atoms with Crippen LogP contribution in [0.25, 0.3) is 85.1 Å². The fourth-order valence-electron chi connectivity index (χ4n) is 5.73. The first-order valence-corrected chi connectivity index (χ1v) is 14.5. The van der Waals surface area contributed by atoms with E-state index >= 15 is 0 Å². The fourth-order valence-corrected chi connectivity index (χ4v) is 7.88. The van der Waals surface area contributed by atoms with Gasteiger partial charge < -0.3 is 4.42 Å². The maximum Gasteiger partial charge on any atom is 0.144 e. The molecule has 0 bridgehead atoms. The number of nitrogens with zero attached hydrogens (tertiary/aromatic N) is 2. The number of benzene rings is 4. The minimum absolute atomic E-state index is 0.857. The Bertz CT molecular complexity index is 2240. The largest absolute Gasteiger partial charge is 0.455 e. The van der Waals surface area contributed by atoms with E-state index in [0.29, 0.717) is 0 Å². The summed E-state index contributed by atoms with van der Waals surface area (Å²) in [5.74, 6) is 0. The quantitative estimate of drug-likeness (QED) is 0.221. The molecule has 39 heavy (non-hydrogen) atoms. The second-order valence-corrected chi connectivity index (χ2v) is 11.8. The molecule has 0 spiro atoms. The summed E-state index contributed by atoms with van der Waals surface area (Å²) in [5, 5.41) is 7.08. The molecule has 0 atom stereocenters. The van der Waals surface area contributed by atoms with Crippen molar-refractivity contribution < 1.29 is 4.42 Å². The van der Waals surface area contributed by atoms with Crippen molar-refractivity contribution >= 4 is 85.2 Å². The molecule has 5 heterocycles. The highest BCUT2D eigenvalue weighted by Crippen LogP contribution is 2.41. The maximum absolute atomic E-state index is 6.69. The van der Waals surface area contributed by atoms with Gasteiger partial charge in [0.2, 0.25) is 0 Å². The van der Waals surface area contributed by atoms with Gasteiger partial charge in [0, 0.05) is 52.8 Å². The van der Waals surface area contributed by atoms with Gasteiger partial charge in [0.05, 0.1) is 11.4 Å². The van der Waals surface area contributed by atoms with Crippen molar-refractivity contribution in [3.05, 3.63) is 109 Å². The third kappa shape index (κ3) is 3.08. The average molecular weight is 535 g/mol. The lowest BCUT2D eigenvalue weighted by Gasteiger charge is -2.03. The van der Waals surface area contributed by atoms with Crippen LogP contribution in [0.15, 0.2) is 114 Å². The van der Waals surface area contributed by atoms with Gasteiger partial charge in [-0.2, -0.15) is 0 Å². The predicted octanol–water partition coefficient (Wildman–Crippen LogP) is 10.4. The first-order valence-electron chi connectivity index (χ1n) is 12.8. The zero-order valence-electron chi connectivity index (χ0n) is 20.5. The minimum Gasteiger partial charge on any atom is -0.455 e. The maximum atomic E-state index is 6.69. The van der Waals surface area contributed by atoms with E-state index in [1.165, 1.54) is 30.9 Å². The van der Waals surface area contributed by atoms with Crippen LogP contribution in [0.2, 0.25) is 0 Å². The lowest BCUT2D eigenvalue weighted by molar-refractivity contribution is 0.670. The molecule has 0 radical (unpaired) electrons. The normalized spacial score (nSPS) is 12.1. The molecule has 4 aromatic carbocycles. The first kappa shape index (κ1) is 21.4. The topological polar surface area (TPSA) is 38.9 Å². The molecule has 9 aromatic rings. The van der Waals surface area contributed by atoms with E-state index in [0.717, 1.165) is 54.1 Å². The molecule has 0 amide bonds. The van der Waals surface area contributed by atoms with Crippen molar-refractivity contribution in [3.8, 4) is 22.5 Å². The number of pyridine rings is 2. The summed E-state index contributed by atoms with van der Waals surface area (Å²) >= 11 is 3.47. The lowest BCUT2D eigenvalue weighted by atomic mass is 10.0. The molecule has 0 aliphatic heterocycles. The van der Waals surface area contributed by atoms with Gasteiger partial charge in [0.1, 0.15) is 20.8 Å². The van der Waals surface area contributed by atoms with Gasteiger partial charge >= 0.3 is 0 Å². The van der Waals surface area contributed by atoms with Gasteiger partial charge in [-0.15, -0.1) is 22.7 Å². The van der Waals surface area contributed by atoms with Gasteiger partial charge in [0.15, 0.2) is 0 Å². The number of aromatic nitrogens is 2. The molecule has 182 valence electrons. The highest BCUT2D eigenvalue weighted by Gasteiger charge is 2.18. The summed E-state index contributed by atoms with van der Waals surface area (Å²) in [6.07, 6.45) is 0. The molecule has 5 heteroatoms. The smallest absolute Gasteiger partial charge is 0.144 e. The van der Waals surface area contributed by atoms with Gasteiger partial charge in [-0.05, 0) is 48.5 Å². The molecule has 0 N–H and O–H groups in total. The molecule has 0 fully saturated rings. The van der Waals surface area contributed by atoms with Crippen LogP contribution in [0.4, 0.5) is 0 Å². The molecule has 0 aliphatic rings. The van der Waals surface area contributed by atoms with Crippen LogP contribution in [0.3, 0.4) is 0 Å². The van der Waals surface area contributed by atoms with Crippen LogP contribution in [-0.4, -0.2) is 9.97 Å².